The first-order valence-electron chi connectivity index (χ1n) is 8.45. The van der Waals surface area contributed by atoms with Gasteiger partial charge in [0.1, 0.15) is 5.01 Å². The maximum Gasteiger partial charge on any atom is 0.251 e. The second-order valence-corrected chi connectivity index (χ2v) is 7.61. The number of nitrogens with one attached hydrogen (secondary N) is 1. The molecule has 2 aromatic heterocycles. The molecule has 0 atom stereocenters. The van der Waals surface area contributed by atoms with Gasteiger partial charge in [-0.1, -0.05) is 23.7 Å². The number of carbonyl (C=O) groups excluding carboxylic acids is 1. The Morgan fingerprint density at radius 1 is 1.15 bits per heavy atom. The highest BCUT2D eigenvalue weighted by Crippen LogP contribution is 2.31. The van der Waals surface area contributed by atoms with Crippen molar-refractivity contribution in [2.45, 2.75) is 13.5 Å². The van der Waals surface area contributed by atoms with Gasteiger partial charge in [0, 0.05) is 34.6 Å². The molecule has 2 aromatic carbocycles. The zero-order valence-corrected chi connectivity index (χ0v) is 16.1. The lowest BCUT2D eigenvalue weighted by molar-refractivity contribution is 0.0951. The van der Waals surface area contributed by atoms with Crippen LogP contribution in [0.15, 0.2) is 60.8 Å². The minimum absolute atomic E-state index is 0.112. The standard InChI is InChI=1S/C21H16ClN3OS/c1-13-17(3-2-10-23-13)21-25-18-9-6-15(11-19(18)27-21)20(26)24-12-14-4-7-16(22)8-5-14/h2-11H,12H2,1H3,(H,24,26). The Labute approximate surface area is 165 Å². The number of rotatable bonds is 4. The maximum atomic E-state index is 12.5. The molecule has 1 amide bonds. The van der Waals surface area contributed by atoms with Gasteiger partial charge in [-0.25, -0.2) is 4.98 Å². The highest BCUT2D eigenvalue weighted by atomic mass is 35.5. The lowest BCUT2D eigenvalue weighted by Gasteiger charge is -2.05. The van der Waals surface area contributed by atoms with Gasteiger partial charge in [0.25, 0.3) is 5.91 Å². The van der Waals surface area contributed by atoms with E-state index in [-0.39, 0.29) is 5.91 Å². The first-order valence-corrected chi connectivity index (χ1v) is 9.65. The molecule has 2 heterocycles. The fourth-order valence-corrected chi connectivity index (χ4v) is 3.99. The Morgan fingerprint density at radius 3 is 2.74 bits per heavy atom. The van der Waals surface area contributed by atoms with Crippen LogP contribution in [0, 0.1) is 6.92 Å². The number of hydrogen-bond acceptors (Lipinski definition) is 4. The number of fused-ring (bicyclic) bond motifs is 1. The molecular weight excluding hydrogens is 378 g/mol. The minimum atomic E-state index is -0.112. The summed E-state index contributed by atoms with van der Waals surface area (Å²) >= 11 is 7.45. The predicted octanol–water partition coefficient (Wildman–Crippen LogP) is 5.25. The highest BCUT2D eigenvalue weighted by Gasteiger charge is 2.12. The van der Waals surface area contributed by atoms with E-state index in [1.807, 2.05) is 55.5 Å². The molecule has 0 fully saturated rings. The summed E-state index contributed by atoms with van der Waals surface area (Å²) in [5.41, 5.74) is 4.47. The smallest absolute Gasteiger partial charge is 0.251 e. The molecule has 4 rings (SSSR count). The summed E-state index contributed by atoms with van der Waals surface area (Å²) < 4.78 is 0.979. The molecule has 0 bridgehead atoms. The van der Waals surface area contributed by atoms with E-state index in [1.54, 1.807) is 23.6 Å². The molecule has 134 valence electrons. The molecule has 0 saturated carbocycles. The number of aryl methyl sites for hydroxylation is 1. The van der Waals surface area contributed by atoms with Crippen molar-refractivity contribution >= 4 is 39.1 Å². The van der Waals surface area contributed by atoms with Crippen molar-refractivity contribution in [2.24, 2.45) is 0 Å². The van der Waals surface area contributed by atoms with Crippen molar-refractivity contribution in [1.29, 1.82) is 0 Å². The number of pyridine rings is 1. The normalized spacial score (nSPS) is 10.9. The summed E-state index contributed by atoms with van der Waals surface area (Å²) in [4.78, 5) is 21.5. The van der Waals surface area contributed by atoms with Gasteiger partial charge in [0.05, 0.1) is 10.2 Å². The zero-order chi connectivity index (χ0) is 18.8. The molecule has 0 aliphatic heterocycles. The van der Waals surface area contributed by atoms with E-state index in [0.717, 1.165) is 32.0 Å². The molecule has 6 heteroatoms. The minimum Gasteiger partial charge on any atom is -0.348 e. The zero-order valence-electron chi connectivity index (χ0n) is 14.6. The van der Waals surface area contributed by atoms with Gasteiger partial charge in [-0.05, 0) is 55.0 Å². The maximum absolute atomic E-state index is 12.5. The van der Waals surface area contributed by atoms with Crippen molar-refractivity contribution in [3.63, 3.8) is 0 Å². The third-order valence-corrected chi connectivity index (χ3v) is 5.56. The van der Waals surface area contributed by atoms with Crippen LogP contribution in [0.2, 0.25) is 5.02 Å². The van der Waals surface area contributed by atoms with Crippen molar-refractivity contribution in [3.8, 4) is 10.6 Å². The molecule has 1 N–H and O–H groups in total. The molecule has 0 radical (unpaired) electrons. The Bertz CT molecular complexity index is 1120. The monoisotopic (exact) mass is 393 g/mol. The van der Waals surface area contributed by atoms with Crippen molar-refractivity contribution < 1.29 is 4.79 Å². The number of halogens is 1. The Morgan fingerprint density at radius 2 is 1.96 bits per heavy atom. The first-order chi connectivity index (χ1) is 13.1. The van der Waals surface area contributed by atoms with Gasteiger partial charge in [0.15, 0.2) is 0 Å². The Kier molecular flexibility index (Phi) is 4.88. The molecule has 0 unspecified atom stereocenters. The summed E-state index contributed by atoms with van der Waals surface area (Å²) in [5.74, 6) is -0.112. The van der Waals surface area contributed by atoms with Crippen LogP contribution < -0.4 is 5.32 Å². The molecule has 4 aromatic rings. The average Bonchev–Trinajstić information content (AvgIpc) is 3.10. The van der Waals surface area contributed by atoms with E-state index in [0.29, 0.717) is 17.1 Å². The second-order valence-electron chi connectivity index (χ2n) is 6.15. The van der Waals surface area contributed by atoms with Gasteiger partial charge in [0.2, 0.25) is 0 Å². The van der Waals surface area contributed by atoms with Crippen molar-refractivity contribution in [1.82, 2.24) is 15.3 Å². The third kappa shape index (κ3) is 3.84. The van der Waals surface area contributed by atoms with Crippen LogP contribution >= 0.6 is 22.9 Å². The summed E-state index contributed by atoms with van der Waals surface area (Å²) in [7, 11) is 0. The van der Waals surface area contributed by atoms with Crippen molar-refractivity contribution in [3.05, 3.63) is 82.6 Å². The summed E-state index contributed by atoms with van der Waals surface area (Å²) in [6.07, 6.45) is 1.77. The summed E-state index contributed by atoms with van der Waals surface area (Å²) in [6, 6.07) is 16.9. The van der Waals surface area contributed by atoms with Gasteiger partial charge in [-0.3, -0.25) is 9.78 Å². The number of hydrogen-bond donors (Lipinski definition) is 1. The third-order valence-electron chi connectivity index (χ3n) is 4.25. The highest BCUT2D eigenvalue weighted by molar-refractivity contribution is 7.21. The molecule has 0 aliphatic carbocycles. The van der Waals surface area contributed by atoms with Gasteiger partial charge >= 0.3 is 0 Å². The number of amides is 1. The fourth-order valence-electron chi connectivity index (χ4n) is 2.78. The number of aromatic nitrogens is 2. The van der Waals surface area contributed by atoms with E-state index in [2.05, 4.69) is 15.3 Å². The lowest BCUT2D eigenvalue weighted by atomic mass is 10.2. The number of carbonyl (C=O) groups is 1. The van der Waals surface area contributed by atoms with E-state index in [4.69, 9.17) is 11.6 Å². The SMILES string of the molecule is Cc1ncccc1-c1nc2ccc(C(=O)NCc3ccc(Cl)cc3)cc2s1. The Balaban J connectivity index is 1.55. The van der Waals surface area contributed by atoms with Crippen LogP contribution in [0.3, 0.4) is 0 Å². The largest absolute Gasteiger partial charge is 0.348 e. The van der Waals surface area contributed by atoms with E-state index >= 15 is 0 Å². The van der Waals surface area contributed by atoms with Crippen LogP contribution in [-0.2, 0) is 6.54 Å². The van der Waals surface area contributed by atoms with Gasteiger partial charge in [-0.15, -0.1) is 11.3 Å². The fraction of sp³-hybridized carbons (Fsp3) is 0.0952. The Hall–Kier alpha value is -2.76. The molecule has 27 heavy (non-hydrogen) atoms. The van der Waals surface area contributed by atoms with E-state index in [1.165, 1.54) is 0 Å². The quantitative estimate of drug-likeness (QED) is 0.515. The van der Waals surface area contributed by atoms with Gasteiger partial charge in [-0.2, -0.15) is 0 Å². The topological polar surface area (TPSA) is 54.9 Å². The van der Waals surface area contributed by atoms with Crippen LogP contribution in [0.4, 0.5) is 0 Å². The average molecular weight is 394 g/mol. The van der Waals surface area contributed by atoms with E-state index in [9.17, 15) is 4.79 Å². The van der Waals surface area contributed by atoms with Gasteiger partial charge < -0.3 is 5.32 Å². The predicted molar refractivity (Wildman–Crippen MR) is 110 cm³/mol. The summed E-state index contributed by atoms with van der Waals surface area (Å²) in [6.45, 7) is 2.42. The summed E-state index contributed by atoms with van der Waals surface area (Å²) in [5, 5.41) is 4.53. The number of nitrogens with zero attached hydrogens (tertiary/aromatic N) is 2. The van der Waals surface area contributed by atoms with Crippen LogP contribution in [0.1, 0.15) is 21.6 Å². The van der Waals surface area contributed by atoms with Crippen LogP contribution in [0.25, 0.3) is 20.8 Å². The van der Waals surface area contributed by atoms with Crippen LogP contribution in [0.5, 0.6) is 0 Å². The molecule has 0 saturated heterocycles. The van der Waals surface area contributed by atoms with Crippen molar-refractivity contribution in [2.75, 3.05) is 0 Å². The number of thiazole rings is 1. The van der Waals surface area contributed by atoms with E-state index < -0.39 is 0 Å². The lowest BCUT2D eigenvalue weighted by Crippen LogP contribution is -2.22. The second kappa shape index (κ2) is 7.47. The number of benzene rings is 2. The molecule has 0 spiro atoms. The van der Waals surface area contributed by atoms with Crippen LogP contribution in [-0.4, -0.2) is 15.9 Å². The molecule has 0 aliphatic rings. The first kappa shape index (κ1) is 17.6. The molecular formula is C21H16ClN3OS. The molecule has 4 nitrogen and oxygen atoms in total.